The van der Waals surface area contributed by atoms with Crippen LogP contribution in [0.3, 0.4) is 0 Å². The average molecular weight is 447 g/mol. The zero-order valence-electron chi connectivity index (χ0n) is 17.1. The lowest BCUT2D eigenvalue weighted by Crippen LogP contribution is -2.37. The van der Waals surface area contributed by atoms with E-state index in [9.17, 15) is 4.79 Å². The van der Waals surface area contributed by atoms with E-state index in [1.165, 1.54) is 12.8 Å². The maximum Gasteiger partial charge on any atom is 0.227 e. The van der Waals surface area contributed by atoms with Gasteiger partial charge in [-0.15, -0.1) is 0 Å². The van der Waals surface area contributed by atoms with Gasteiger partial charge in [0.2, 0.25) is 5.91 Å². The molecule has 1 aliphatic heterocycles. The van der Waals surface area contributed by atoms with Crippen molar-refractivity contribution < 1.29 is 9.53 Å². The third-order valence-corrected chi connectivity index (χ3v) is 6.84. The third kappa shape index (κ3) is 5.48. The predicted molar refractivity (Wildman–Crippen MR) is 122 cm³/mol. The first-order chi connectivity index (χ1) is 14.6. The van der Waals surface area contributed by atoms with E-state index in [0.29, 0.717) is 16.1 Å². The van der Waals surface area contributed by atoms with E-state index in [-0.39, 0.29) is 11.8 Å². The van der Waals surface area contributed by atoms with Crippen molar-refractivity contribution in [1.82, 2.24) is 4.90 Å². The summed E-state index contributed by atoms with van der Waals surface area (Å²) >= 11 is 12.6. The number of carbonyl (C=O) groups is 1. The zero-order chi connectivity index (χ0) is 20.9. The van der Waals surface area contributed by atoms with Crippen molar-refractivity contribution in [2.75, 3.05) is 18.4 Å². The quantitative estimate of drug-likeness (QED) is 0.576. The topological polar surface area (TPSA) is 41.6 Å². The zero-order valence-corrected chi connectivity index (χ0v) is 18.6. The molecule has 30 heavy (non-hydrogen) atoms. The second kappa shape index (κ2) is 10.0. The van der Waals surface area contributed by atoms with Crippen LogP contribution in [0.25, 0.3) is 0 Å². The molecule has 2 aromatic carbocycles. The van der Waals surface area contributed by atoms with Crippen molar-refractivity contribution in [3.05, 3.63) is 58.1 Å². The minimum Gasteiger partial charge on any atom is -0.490 e. The SMILES string of the molecule is O=C(Nc1ccc(OC2CCCC2)cc1)C1CCN(Cc2c(Cl)cccc2Cl)CC1. The van der Waals surface area contributed by atoms with E-state index in [2.05, 4.69) is 10.2 Å². The maximum absolute atomic E-state index is 12.7. The highest BCUT2D eigenvalue weighted by Crippen LogP contribution is 2.29. The van der Waals surface area contributed by atoms with E-state index in [4.69, 9.17) is 27.9 Å². The number of anilines is 1. The average Bonchev–Trinajstić information content (AvgIpc) is 3.26. The summed E-state index contributed by atoms with van der Waals surface area (Å²) in [6.07, 6.45) is 6.79. The largest absolute Gasteiger partial charge is 0.490 e. The van der Waals surface area contributed by atoms with Crippen molar-refractivity contribution in [3.63, 3.8) is 0 Å². The van der Waals surface area contributed by atoms with Crippen LogP contribution in [0.2, 0.25) is 10.0 Å². The number of ether oxygens (including phenoxy) is 1. The van der Waals surface area contributed by atoms with Crippen LogP contribution in [0.1, 0.15) is 44.1 Å². The first kappa shape index (κ1) is 21.5. The summed E-state index contributed by atoms with van der Waals surface area (Å²) in [5.74, 6) is 0.999. The molecule has 0 aromatic heterocycles. The molecule has 1 heterocycles. The summed E-state index contributed by atoms with van der Waals surface area (Å²) < 4.78 is 5.99. The molecule has 4 nitrogen and oxygen atoms in total. The normalized spacial score (nSPS) is 18.5. The van der Waals surface area contributed by atoms with Gasteiger partial charge in [0.1, 0.15) is 5.75 Å². The van der Waals surface area contributed by atoms with Gasteiger partial charge in [0, 0.05) is 33.8 Å². The first-order valence-corrected chi connectivity index (χ1v) is 11.6. The summed E-state index contributed by atoms with van der Waals surface area (Å²) in [6, 6.07) is 13.3. The molecule has 6 heteroatoms. The van der Waals surface area contributed by atoms with Gasteiger partial charge in [0.05, 0.1) is 6.10 Å². The van der Waals surface area contributed by atoms with E-state index >= 15 is 0 Å². The Balaban J connectivity index is 1.25. The molecular formula is C24H28Cl2N2O2. The summed E-state index contributed by atoms with van der Waals surface area (Å²) in [5, 5.41) is 4.45. The molecule has 0 unspecified atom stereocenters. The number of nitrogens with zero attached hydrogens (tertiary/aromatic N) is 1. The second-order valence-corrected chi connectivity index (χ2v) is 9.10. The number of amides is 1. The van der Waals surface area contributed by atoms with Crippen molar-refractivity contribution in [3.8, 4) is 5.75 Å². The van der Waals surface area contributed by atoms with Gasteiger partial charge in [-0.05, 0) is 88.0 Å². The summed E-state index contributed by atoms with van der Waals surface area (Å²) in [4.78, 5) is 15.0. The molecule has 2 aliphatic rings. The van der Waals surface area contributed by atoms with Crippen LogP contribution in [0, 0.1) is 5.92 Å². The third-order valence-electron chi connectivity index (χ3n) is 6.13. The standard InChI is InChI=1S/C24H28Cl2N2O2/c25-22-6-3-7-23(26)21(22)16-28-14-12-17(13-15-28)24(29)27-18-8-10-20(11-9-18)30-19-4-1-2-5-19/h3,6-11,17,19H,1-2,4-5,12-16H2,(H,27,29). The molecule has 1 aliphatic carbocycles. The highest BCUT2D eigenvalue weighted by molar-refractivity contribution is 6.35. The van der Waals surface area contributed by atoms with Gasteiger partial charge < -0.3 is 10.1 Å². The number of piperidine rings is 1. The van der Waals surface area contributed by atoms with Gasteiger partial charge in [0.25, 0.3) is 0 Å². The molecule has 1 amide bonds. The molecule has 2 fully saturated rings. The van der Waals surface area contributed by atoms with Gasteiger partial charge >= 0.3 is 0 Å². The Morgan fingerprint density at radius 3 is 2.23 bits per heavy atom. The molecular weight excluding hydrogens is 419 g/mol. The van der Waals surface area contributed by atoms with Crippen molar-refractivity contribution in [2.24, 2.45) is 5.92 Å². The Labute approximate surface area is 188 Å². The first-order valence-electron chi connectivity index (χ1n) is 10.8. The molecule has 4 rings (SSSR count). The van der Waals surface area contributed by atoms with E-state index in [1.807, 2.05) is 42.5 Å². The Kier molecular flexibility index (Phi) is 7.19. The van der Waals surface area contributed by atoms with Crippen LogP contribution in [-0.4, -0.2) is 30.0 Å². The van der Waals surface area contributed by atoms with Crippen LogP contribution in [-0.2, 0) is 11.3 Å². The number of likely N-dealkylation sites (tertiary alicyclic amines) is 1. The van der Waals surface area contributed by atoms with Gasteiger partial charge in [-0.1, -0.05) is 29.3 Å². The van der Waals surface area contributed by atoms with Crippen molar-refractivity contribution >= 4 is 34.8 Å². The van der Waals surface area contributed by atoms with E-state index in [0.717, 1.165) is 62.3 Å². The van der Waals surface area contributed by atoms with Gasteiger partial charge in [-0.25, -0.2) is 0 Å². The number of nitrogens with one attached hydrogen (secondary N) is 1. The number of halogens is 2. The van der Waals surface area contributed by atoms with Crippen molar-refractivity contribution in [1.29, 1.82) is 0 Å². The molecule has 2 aromatic rings. The Hall–Kier alpha value is -1.75. The lowest BCUT2D eigenvalue weighted by Gasteiger charge is -2.31. The lowest BCUT2D eigenvalue weighted by molar-refractivity contribution is -0.121. The number of hydrogen-bond acceptors (Lipinski definition) is 3. The second-order valence-electron chi connectivity index (χ2n) is 8.29. The molecule has 160 valence electrons. The monoisotopic (exact) mass is 446 g/mol. The van der Waals surface area contributed by atoms with Gasteiger partial charge in [-0.2, -0.15) is 0 Å². The van der Waals surface area contributed by atoms with Crippen LogP contribution in [0.5, 0.6) is 5.75 Å². The molecule has 0 radical (unpaired) electrons. The number of rotatable bonds is 6. The molecule has 1 saturated heterocycles. The smallest absolute Gasteiger partial charge is 0.227 e. The molecule has 0 bridgehead atoms. The van der Waals surface area contributed by atoms with Crippen LogP contribution < -0.4 is 10.1 Å². The molecule has 1 saturated carbocycles. The van der Waals surface area contributed by atoms with Crippen LogP contribution in [0.4, 0.5) is 5.69 Å². The van der Waals surface area contributed by atoms with Crippen LogP contribution >= 0.6 is 23.2 Å². The highest BCUT2D eigenvalue weighted by Gasteiger charge is 2.26. The number of hydrogen-bond donors (Lipinski definition) is 1. The van der Waals surface area contributed by atoms with E-state index < -0.39 is 0 Å². The Morgan fingerprint density at radius 2 is 1.60 bits per heavy atom. The fourth-order valence-corrected chi connectivity index (χ4v) is 4.84. The molecule has 1 N–H and O–H groups in total. The van der Waals surface area contributed by atoms with Gasteiger partial charge in [0.15, 0.2) is 0 Å². The minimum atomic E-state index is 0.0254. The number of carbonyl (C=O) groups excluding carboxylic acids is 1. The lowest BCUT2D eigenvalue weighted by atomic mass is 9.95. The Bertz CT molecular complexity index is 838. The predicted octanol–water partition coefficient (Wildman–Crippen LogP) is 6.17. The molecule has 0 spiro atoms. The highest BCUT2D eigenvalue weighted by atomic mass is 35.5. The van der Waals surface area contributed by atoms with Crippen molar-refractivity contribution in [2.45, 2.75) is 51.2 Å². The fraction of sp³-hybridized carbons (Fsp3) is 0.458. The minimum absolute atomic E-state index is 0.0254. The maximum atomic E-state index is 12.7. The van der Waals surface area contributed by atoms with Gasteiger partial charge in [-0.3, -0.25) is 9.69 Å². The number of benzene rings is 2. The summed E-state index contributed by atoms with van der Waals surface area (Å²) in [6.45, 7) is 2.43. The summed E-state index contributed by atoms with van der Waals surface area (Å²) in [7, 11) is 0. The summed E-state index contributed by atoms with van der Waals surface area (Å²) in [5.41, 5.74) is 1.78. The fourth-order valence-electron chi connectivity index (χ4n) is 4.32. The van der Waals surface area contributed by atoms with Crippen LogP contribution in [0.15, 0.2) is 42.5 Å². The molecule has 0 atom stereocenters. The Morgan fingerprint density at radius 1 is 0.967 bits per heavy atom. The van der Waals surface area contributed by atoms with E-state index in [1.54, 1.807) is 0 Å².